The molecule has 0 spiro atoms. The van der Waals surface area contributed by atoms with E-state index >= 15 is 0 Å². The Labute approximate surface area is 416 Å². The molecule has 17 heteroatoms. The first-order chi connectivity index (χ1) is 35.2. The summed E-state index contributed by atoms with van der Waals surface area (Å²) in [5.74, 6) is -10.3. The van der Waals surface area contributed by atoms with Crippen LogP contribution < -0.4 is 0 Å². The van der Waals surface area contributed by atoms with Crippen molar-refractivity contribution < 1.29 is 82.0 Å². The minimum atomic E-state index is -2.22. The van der Waals surface area contributed by atoms with Crippen LogP contribution in [0.5, 0.6) is 11.5 Å². The number of methoxy groups -OCH3 is 1. The maximum Gasteiger partial charge on any atom is 0.338 e. The molecule has 2 aliphatic carbocycles. The van der Waals surface area contributed by atoms with E-state index in [0.29, 0.717) is 0 Å². The van der Waals surface area contributed by atoms with E-state index in [-0.39, 0.29) is 39.8 Å². The molecule has 1 aliphatic heterocycles. The monoisotopic (exact) mass is 990 g/mol. The van der Waals surface area contributed by atoms with E-state index in [1.807, 2.05) is 0 Å². The first kappa shape index (κ1) is 49.5. The van der Waals surface area contributed by atoms with Crippen LogP contribution in [0, 0.1) is 0 Å². The molecule has 6 aromatic rings. The molecule has 17 nitrogen and oxygen atoms in total. The highest BCUT2D eigenvalue weighted by Gasteiger charge is 2.58. The summed E-state index contributed by atoms with van der Waals surface area (Å²) in [6.07, 6.45) is -12.0. The molecule has 73 heavy (non-hydrogen) atoms. The highest BCUT2D eigenvalue weighted by molar-refractivity contribution is 6.30. The van der Waals surface area contributed by atoms with Crippen molar-refractivity contribution in [2.45, 2.75) is 68.1 Å². The Hall–Kier alpha value is -8.51. The van der Waals surface area contributed by atoms with Gasteiger partial charge in [0.25, 0.3) is 0 Å². The topological polar surface area (TPSA) is 245 Å². The first-order valence-electron chi connectivity index (χ1n) is 23.2. The van der Waals surface area contributed by atoms with Gasteiger partial charge in [0, 0.05) is 28.7 Å². The molecular weight excluding hydrogens is 945 g/mol. The first-order valence-corrected chi connectivity index (χ1v) is 23.2. The number of ketones is 2. The number of benzene rings is 6. The average molecular weight is 991 g/mol. The zero-order valence-corrected chi connectivity index (χ0v) is 39.1. The molecule has 0 amide bonds. The molecule has 8 atom stereocenters. The predicted octanol–water partition coefficient (Wildman–Crippen LogP) is 6.99. The quantitative estimate of drug-likeness (QED) is 0.0598. The maximum atomic E-state index is 14.3. The molecule has 0 aromatic heterocycles. The Bertz CT molecular complexity index is 3110. The van der Waals surface area contributed by atoms with Gasteiger partial charge in [0.1, 0.15) is 30.1 Å². The molecule has 9 rings (SSSR count). The number of phenols is 2. The van der Waals surface area contributed by atoms with Crippen LogP contribution in [0.25, 0.3) is 0 Å². The third-order valence-corrected chi connectivity index (χ3v) is 13.2. The second-order valence-electron chi connectivity index (χ2n) is 17.4. The fourth-order valence-corrected chi connectivity index (χ4v) is 9.50. The molecule has 1 saturated heterocycles. The van der Waals surface area contributed by atoms with Gasteiger partial charge in [-0.2, -0.15) is 0 Å². The fourth-order valence-electron chi connectivity index (χ4n) is 9.50. The molecule has 3 N–H and O–H groups in total. The lowest BCUT2D eigenvalue weighted by Gasteiger charge is -2.47. The summed E-state index contributed by atoms with van der Waals surface area (Å²) in [6, 6.07) is 36.6. The number of carbonyl (C=O) groups excluding carboxylic acids is 7. The smallest absolute Gasteiger partial charge is 0.338 e. The van der Waals surface area contributed by atoms with Gasteiger partial charge in [0.05, 0.1) is 52.2 Å². The predicted molar refractivity (Wildman–Crippen MR) is 254 cm³/mol. The molecule has 3 aliphatic rings. The number of hydrogen-bond donors (Lipinski definition) is 3. The summed E-state index contributed by atoms with van der Waals surface area (Å²) in [5.41, 5.74) is -4.51. The molecule has 0 unspecified atom stereocenters. The number of aromatic hydroxyl groups is 2. The molecule has 0 bridgehead atoms. The third-order valence-electron chi connectivity index (χ3n) is 13.2. The highest BCUT2D eigenvalue weighted by atomic mass is 16.7. The van der Waals surface area contributed by atoms with Crippen molar-refractivity contribution in [1.82, 2.24) is 0 Å². The second-order valence-corrected chi connectivity index (χ2v) is 17.4. The highest BCUT2D eigenvalue weighted by Crippen LogP contribution is 2.57. The number of phenolic OH excluding ortho intramolecular Hbond substituents is 2. The zero-order chi connectivity index (χ0) is 51.6. The van der Waals surface area contributed by atoms with E-state index < -0.39 is 137 Å². The SMILES string of the molecule is CC[C@@]1(O)C[C@H](O[C@H]2O[C@H](COC(=O)c3ccccc3)[C@@H](OC(=O)c3ccccc3)[C@H](OC(=O)c3ccccc3)[C@@H]2OC(=O)c2ccccc2)c2c(O)c3c(c(O)c2[C@H]1C(=O)OC)C(=O)c1ccccc1C3=O. The number of esters is 5. The van der Waals surface area contributed by atoms with Crippen molar-refractivity contribution in [3.63, 3.8) is 0 Å². The summed E-state index contributed by atoms with van der Waals surface area (Å²) >= 11 is 0. The minimum absolute atomic E-state index is 0.00641. The van der Waals surface area contributed by atoms with E-state index in [1.165, 1.54) is 79.7 Å². The van der Waals surface area contributed by atoms with Gasteiger partial charge in [0.2, 0.25) is 0 Å². The fraction of sp³-hybridized carbons (Fsp3) is 0.232. The number of aliphatic hydroxyl groups is 1. The van der Waals surface area contributed by atoms with Crippen molar-refractivity contribution in [2.24, 2.45) is 0 Å². The van der Waals surface area contributed by atoms with E-state index in [1.54, 1.807) is 72.8 Å². The van der Waals surface area contributed by atoms with Crippen LogP contribution in [0.2, 0.25) is 0 Å². The number of ether oxygens (including phenoxy) is 7. The Balaban J connectivity index is 1.23. The van der Waals surface area contributed by atoms with E-state index in [4.69, 9.17) is 33.2 Å². The Kier molecular flexibility index (Phi) is 14.0. The van der Waals surface area contributed by atoms with Gasteiger partial charge in [-0.1, -0.05) is 104 Å². The molecule has 1 heterocycles. The van der Waals surface area contributed by atoms with Gasteiger partial charge in [-0.25, -0.2) is 19.2 Å². The van der Waals surface area contributed by atoms with Crippen LogP contribution in [0.4, 0.5) is 0 Å². The van der Waals surface area contributed by atoms with E-state index in [0.717, 1.165) is 7.11 Å². The third kappa shape index (κ3) is 9.44. The van der Waals surface area contributed by atoms with Crippen molar-refractivity contribution in [1.29, 1.82) is 0 Å². The van der Waals surface area contributed by atoms with E-state index in [2.05, 4.69) is 0 Å². The van der Waals surface area contributed by atoms with Crippen molar-refractivity contribution in [3.8, 4) is 11.5 Å². The van der Waals surface area contributed by atoms with Gasteiger partial charge in [-0.05, 0) is 55.0 Å². The Morgan fingerprint density at radius 2 is 0.986 bits per heavy atom. The Morgan fingerprint density at radius 3 is 1.44 bits per heavy atom. The van der Waals surface area contributed by atoms with Crippen molar-refractivity contribution in [2.75, 3.05) is 13.7 Å². The molecule has 1 fully saturated rings. The molecule has 6 aromatic carbocycles. The van der Waals surface area contributed by atoms with Crippen LogP contribution in [0.3, 0.4) is 0 Å². The largest absolute Gasteiger partial charge is 0.507 e. The lowest BCUT2D eigenvalue weighted by Crippen LogP contribution is -2.63. The number of rotatable bonds is 13. The average Bonchev–Trinajstić information content (AvgIpc) is 3.42. The van der Waals surface area contributed by atoms with Crippen LogP contribution in [-0.4, -0.2) is 107 Å². The van der Waals surface area contributed by atoms with E-state index in [9.17, 15) is 48.9 Å². The van der Waals surface area contributed by atoms with Crippen LogP contribution in [0.1, 0.15) is 116 Å². The second kappa shape index (κ2) is 20.7. The maximum absolute atomic E-state index is 14.3. The van der Waals surface area contributed by atoms with Crippen molar-refractivity contribution >= 4 is 41.4 Å². The summed E-state index contributed by atoms with van der Waals surface area (Å²) in [5, 5.41) is 37.3. The molecule has 0 saturated carbocycles. The van der Waals surface area contributed by atoms with Crippen LogP contribution in [0.15, 0.2) is 146 Å². The minimum Gasteiger partial charge on any atom is -0.507 e. The normalized spacial score (nSPS) is 22.9. The van der Waals surface area contributed by atoms with Crippen LogP contribution >= 0.6 is 0 Å². The lowest BCUT2D eigenvalue weighted by atomic mass is 9.66. The van der Waals surface area contributed by atoms with Gasteiger partial charge < -0.3 is 48.5 Å². The lowest BCUT2D eigenvalue weighted by molar-refractivity contribution is -0.313. The number of fused-ring (bicyclic) bond motifs is 3. The summed E-state index contributed by atoms with van der Waals surface area (Å²) in [7, 11) is 1.03. The summed E-state index contributed by atoms with van der Waals surface area (Å²) in [4.78, 5) is 98.6. The van der Waals surface area contributed by atoms with Gasteiger partial charge in [0.15, 0.2) is 36.2 Å². The number of carbonyl (C=O) groups is 7. The van der Waals surface area contributed by atoms with Gasteiger partial charge in [-0.15, -0.1) is 0 Å². The summed E-state index contributed by atoms with van der Waals surface area (Å²) in [6.45, 7) is 0.779. The van der Waals surface area contributed by atoms with Gasteiger partial charge >= 0.3 is 29.8 Å². The molecule has 0 radical (unpaired) electrons. The van der Waals surface area contributed by atoms with Crippen LogP contribution in [-0.2, 0) is 38.0 Å². The molecular formula is C56H46O17. The molecule has 372 valence electrons. The number of hydrogen-bond acceptors (Lipinski definition) is 17. The summed E-state index contributed by atoms with van der Waals surface area (Å²) < 4.78 is 42.8. The van der Waals surface area contributed by atoms with Gasteiger partial charge in [-0.3, -0.25) is 14.4 Å². The zero-order valence-electron chi connectivity index (χ0n) is 39.1. The Morgan fingerprint density at radius 1 is 0.575 bits per heavy atom. The standard InChI is InChI=1S/C56H46O17/c1-3-56(66)28-36(38-39(42(56)54(65)67-2)46(60)41-40(45(38)59)43(57)34-26-16-17-27-35(34)44(41)58)69-55-49(73-53(64)33-24-14-7-15-25-33)48(72-52(63)32-22-12-6-13-23-32)47(71-51(62)31-20-10-5-11-21-31)37(70-55)29-68-50(61)30-18-8-4-9-19-30/h4-27,36-37,42,47-49,55,59-60,66H,3,28-29H2,1-2H3/t36-,37+,42-,47+,48-,49-,55-,56+/m0/s1. The van der Waals surface area contributed by atoms with Crippen molar-refractivity contribution in [3.05, 3.63) is 201 Å².